The first-order valence-electron chi connectivity index (χ1n) is 13.7. The average molecular weight is 499 g/mol. The number of nitrogens with zero attached hydrogens (tertiary/aromatic N) is 1. The molecule has 0 aromatic carbocycles. The van der Waals surface area contributed by atoms with Crippen molar-refractivity contribution < 1.29 is 18.7 Å². The van der Waals surface area contributed by atoms with Crippen LogP contribution >= 0.6 is 0 Å². The summed E-state index contributed by atoms with van der Waals surface area (Å²) in [6.07, 6.45) is 4.60. The molecule has 4 aliphatic rings. The maximum Gasteiger partial charge on any atom is 0.223 e. The van der Waals surface area contributed by atoms with Crippen molar-refractivity contribution in [3.8, 4) is 0 Å². The highest BCUT2D eigenvalue weighted by molar-refractivity contribution is 5.79. The number of rotatable bonds is 10. The summed E-state index contributed by atoms with van der Waals surface area (Å²) in [6.45, 7) is 7.09. The van der Waals surface area contributed by atoms with E-state index in [1.54, 1.807) is 7.11 Å². The number of carbonyl (C=O) groups excluding carboxylic acids is 1. The van der Waals surface area contributed by atoms with Crippen molar-refractivity contribution in [3.63, 3.8) is 0 Å². The highest BCUT2D eigenvalue weighted by atomic mass is 19.1. The third kappa shape index (κ3) is 6.71. The number of methoxy groups -OCH3 is 1. The SMILES string of the molecule is COC1CCC(C2CNC3C(NC4CCC(C(=O)NCCOCCN)C(C)C4)NCCN23)CC1F. The zero-order valence-electron chi connectivity index (χ0n) is 21.5. The van der Waals surface area contributed by atoms with Gasteiger partial charge in [-0.05, 0) is 50.4 Å². The average Bonchev–Trinajstić information content (AvgIpc) is 3.29. The first-order valence-corrected chi connectivity index (χ1v) is 13.7. The summed E-state index contributed by atoms with van der Waals surface area (Å²) >= 11 is 0. The van der Waals surface area contributed by atoms with Gasteiger partial charge in [-0.15, -0.1) is 0 Å². The largest absolute Gasteiger partial charge is 0.378 e. The predicted octanol–water partition coefficient (Wildman–Crippen LogP) is 0.155. The van der Waals surface area contributed by atoms with Crippen molar-refractivity contribution in [3.05, 3.63) is 0 Å². The van der Waals surface area contributed by atoms with Crippen molar-refractivity contribution in [2.75, 3.05) is 53.0 Å². The number of nitrogens with two attached hydrogens (primary N) is 1. The standard InChI is InChI=1S/C25H47FN6O3/c1-16-13-18(4-5-19(16)25(33)29-9-12-35-11-7-27)31-23-24-30-15-21(32(24)10-8-28-23)17-3-6-22(34-2)20(26)14-17/h16-24,28,30-31H,3-15,27H2,1-2H3,(H,29,33). The van der Waals surface area contributed by atoms with Crippen LogP contribution in [0, 0.1) is 17.8 Å². The van der Waals surface area contributed by atoms with Crippen molar-refractivity contribution in [2.45, 2.75) is 82.1 Å². The summed E-state index contributed by atoms with van der Waals surface area (Å²) in [5.74, 6) is 0.905. The van der Waals surface area contributed by atoms with E-state index in [1.165, 1.54) is 0 Å². The van der Waals surface area contributed by atoms with E-state index >= 15 is 0 Å². The Morgan fingerprint density at radius 2 is 2.03 bits per heavy atom. The van der Waals surface area contributed by atoms with Crippen molar-refractivity contribution >= 4 is 5.91 Å². The van der Waals surface area contributed by atoms with E-state index in [0.717, 1.165) is 51.7 Å². The van der Waals surface area contributed by atoms with E-state index in [0.29, 0.717) is 56.6 Å². The lowest BCUT2D eigenvalue weighted by Gasteiger charge is -2.45. The number of hydrogen-bond acceptors (Lipinski definition) is 8. The van der Waals surface area contributed by atoms with Gasteiger partial charge in [-0.1, -0.05) is 6.92 Å². The van der Waals surface area contributed by atoms with Crippen molar-refractivity contribution in [2.24, 2.45) is 23.5 Å². The summed E-state index contributed by atoms with van der Waals surface area (Å²) < 4.78 is 25.3. The number of nitrogens with one attached hydrogen (secondary N) is 4. The van der Waals surface area contributed by atoms with Crippen LogP contribution in [0.5, 0.6) is 0 Å². The summed E-state index contributed by atoms with van der Waals surface area (Å²) in [4.78, 5) is 15.2. The third-order valence-corrected chi connectivity index (χ3v) is 8.70. The van der Waals surface area contributed by atoms with Crippen molar-refractivity contribution in [1.82, 2.24) is 26.2 Å². The molecule has 0 radical (unpaired) electrons. The summed E-state index contributed by atoms with van der Waals surface area (Å²) in [5, 5.41) is 14.3. The number of amides is 1. The topological polar surface area (TPSA) is 113 Å². The van der Waals surface area contributed by atoms with Crippen LogP contribution < -0.4 is 27.0 Å². The quantitative estimate of drug-likeness (QED) is 0.271. The second-order valence-corrected chi connectivity index (χ2v) is 10.9. The minimum Gasteiger partial charge on any atom is -0.378 e. The van der Waals surface area contributed by atoms with Gasteiger partial charge in [-0.25, -0.2) is 4.39 Å². The lowest BCUT2D eigenvalue weighted by Crippen LogP contribution is -2.67. The van der Waals surface area contributed by atoms with Gasteiger partial charge in [0.05, 0.1) is 31.6 Å². The molecule has 6 N–H and O–H groups in total. The van der Waals surface area contributed by atoms with Crippen LogP contribution in [0.4, 0.5) is 4.39 Å². The Bertz CT molecular complexity index is 675. The first-order chi connectivity index (χ1) is 17.0. The molecule has 202 valence electrons. The zero-order chi connectivity index (χ0) is 24.8. The van der Waals surface area contributed by atoms with Gasteiger partial charge in [0, 0.05) is 57.8 Å². The van der Waals surface area contributed by atoms with Crippen LogP contribution in [0.2, 0.25) is 0 Å². The Hall–Kier alpha value is -0.880. The molecule has 2 saturated heterocycles. The smallest absolute Gasteiger partial charge is 0.223 e. The number of fused-ring (bicyclic) bond motifs is 1. The highest BCUT2D eigenvalue weighted by Crippen LogP contribution is 2.36. The van der Waals surface area contributed by atoms with Gasteiger partial charge in [0.1, 0.15) is 6.17 Å². The fourth-order valence-electron chi connectivity index (χ4n) is 6.83. The zero-order valence-corrected chi connectivity index (χ0v) is 21.5. The Kier molecular flexibility index (Phi) is 10.1. The molecule has 0 spiro atoms. The lowest BCUT2D eigenvalue weighted by molar-refractivity contribution is -0.128. The fourth-order valence-corrected chi connectivity index (χ4v) is 6.83. The molecule has 2 aliphatic carbocycles. The number of alkyl halides is 1. The highest BCUT2D eigenvalue weighted by Gasteiger charge is 2.46. The van der Waals surface area contributed by atoms with E-state index in [4.69, 9.17) is 15.2 Å². The molecular weight excluding hydrogens is 451 g/mol. The lowest BCUT2D eigenvalue weighted by atomic mass is 9.77. The van der Waals surface area contributed by atoms with Crippen LogP contribution in [0.15, 0.2) is 0 Å². The molecule has 10 heteroatoms. The molecule has 4 fully saturated rings. The molecule has 9 unspecified atom stereocenters. The molecule has 4 rings (SSSR count). The van der Waals surface area contributed by atoms with Crippen LogP contribution in [0.25, 0.3) is 0 Å². The van der Waals surface area contributed by atoms with Gasteiger partial charge in [0.2, 0.25) is 5.91 Å². The maximum atomic E-state index is 14.6. The molecule has 0 bridgehead atoms. The summed E-state index contributed by atoms with van der Waals surface area (Å²) in [7, 11) is 1.62. The van der Waals surface area contributed by atoms with E-state index < -0.39 is 6.17 Å². The van der Waals surface area contributed by atoms with Crippen LogP contribution in [0.1, 0.15) is 45.4 Å². The first kappa shape index (κ1) is 27.2. The normalized spacial score (nSPS) is 40.4. The number of piperazine rings is 1. The monoisotopic (exact) mass is 498 g/mol. The van der Waals surface area contributed by atoms with E-state index in [9.17, 15) is 9.18 Å². The van der Waals surface area contributed by atoms with Crippen LogP contribution in [-0.2, 0) is 14.3 Å². The summed E-state index contributed by atoms with van der Waals surface area (Å²) in [6, 6.07) is 0.766. The third-order valence-electron chi connectivity index (χ3n) is 8.70. The Morgan fingerprint density at radius 3 is 2.77 bits per heavy atom. The predicted molar refractivity (Wildman–Crippen MR) is 133 cm³/mol. The molecule has 2 saturated carbocycles. The van der Waals surface area contributed by atoms with Crippen LogP contribution in [0.3, 0.4) is 0 Å². The molecular formula is C25H47FN6O3. The van der Waals surface area contributed by atoms with Crippen LogP contribution in [-0.4, -0.2) is 101 Å². The van der Waals surface area contributed by atoms with Gasteiger partial charge in [0.15, 0.2) is 0 Å². The number of carbonyl (C=O) groups is 1. The van der Waals surface area contributed by atoms with Gasteiger partial charge < -0.3 is 20.5 Å². The van der Waals surface area contributed by atoms with Gasteiger partial charge in [-0.2, -0.15) is 0 Å². The molecule has 2 heterocycles. The number of ether oxygens (including phenoxy) is 2. The maximum absolute atomic E-state index is 14.6. The fraction of sp³-hybridized carbons (Fsp3) is 0.960. The Labute approximate surface area is 209 Å². The number of halogens is 1. The molecule has 9 nitrogen and oxygen atoms in total. The molecule has 0 aromatic heterocycles. The second-order valence-electron chi connectivity index (χ2n) is 10.9. The Morgan fingerprint density at radius 1 is 1.17 bits per heavy atom. The minimum absolute atomic E-state index is 0.0585. The van der Waals surface area contributed by atoms with Gasteiger partial charge in [0.25, 0.3) is 0 Å². The molecule has 35 heavy (non-hydrogen) atoms. The molecule has 2 aliphatic heterocycles. The molecule has 1 amide bonds. The Balaban J connectivity index is 1.23. The summed E-state index contributed by atoms with van der Waals surface area (Å²) in [5.41, 5.74) is 5.42. The molecule has 0 aromatic rings. The van der Waals surface area contributed by atoms with Gasteiger partial charge >= 0.3 is 0 Å². The molecule has 9 atom stereocenters. The van der Waals surface area contributed by atoms with E-state index in [1.807, 2.05) is 0 Å². The second kappa shape index (κ2) is 13.1. The minimum atomic E-state index is -0.859. The van der Waals surface area contributed by atoms with E-state index in [2.05, 4.69) is 33.1 Å². The number of hydrogen-bond donors (Lipinski definition) is 5. The van der Waals surface area contributed by atoms with Gasteiger partial charge in [-0.3, -0.25) is 25.6 Å². The van der Waals surface area contributed by atoms with Crippen molar-refractivity contribution in [1.29, 1.82) is 0 Å². The van der Waals surface area contributed by atoms with E-state index in [-0.39, 0.29) is 30.3 Å².